The molecule has 1 aromatic carbocycles. The van der Waals surface area contributed by atoms with Gasteiger partial charge in [-0.05, 0) is 30.2 Å². The van der Waals surface area contributed by atoms with Gasteiger partial charge in [-0.15, -0.1) is 0 Å². The lowest BCUT2D eigenvalue weighted by molar-refractivity contribution is -0.384. The number of nitro benzene ring substituents is 1. The van der Waals surface area contributed by atoms with E-state index in [0.29, 0.717) is 6.42 Å². The normalized spacial score (nSPS) is 13.2. The summed E-state index contributed by atoms with van der Waals surface area (Å²) in [6.45, 7) is 1.90. The lowest BCUT2D eigenvalue weighted by Gasteiger charge is -2.14. The third-order valence-electron chi connectivity index (χ3n) is 3.81. The molecule has 1 aliphatic rings. The molecule has 8 heteroatoms. The second-order valence-corrected chi connectivity index (χ2v) is 5.15. The summed E-state index contributed by atoms with van der Waals surface area (Å²) in [6, 6.07) is 5.54. The zero-order valence-corrected chi connectivity index (χ0v) is 13.0. The van der Waals surface area contributed by atoms with E-state index in [4.69, 9.17) is 4.74 Å². The van der Waals surface area contributed by atoms with Crippen LogP contribution in [0.5, 0.6) is 5.75 Å². The van der Waals surface area contributed by atoms with Gasteiger partial charge in [-0.3, -0.25) is 19.7 Å². The topological polar surface area (TPSA) is 103 Å². The molecule has 2 aromatic rings. The van der Waals surface area contributed by atoms with Crippen molar-refractivity contribution in [1.82, 2.24) is 4.98 Å². The number of anilines is 1. The minimum Gasteiger partial charge on any atom is -0.496 e. The van der Waals surface area contributed by atoms with E-state index in [-0.39, 0.29) is 28.4 Å². The van der Waals surface area contributed by atoms with Gasteiger partial charge in [-0.2, -0.15) is 0 Å². The maximum Gasteiger partial charge on any atom is 0.297 e. The van der Waals surface area contributed by atoms with Gasteiger partial charge in [0.05, 0.1) is 23.7 Å². The largest absolute Gasteiger partial charge is 0.496 e. The number of methoxy groups -OCH3 is 1. The van der Waals surface area contributed by atoms with E-state index in [1.807, 2.05) is 6.92 Å². The van der Waals surface area contributed by atoms with E-state index < -0.39 is 16.7 Å². The first-order valence-electron chi connectivity index (χ1n) is 7.18. The zero-order chi connectivity index (χ0) is 17.4. The minimum absolute atomic E-state index is 0.00214. The Bertz CT molecular complexity index is 878. The zero-order valence-electron chi connectivity index (χ0n) is 13.0. The quantitative estimate of drug-likeness (QED) is 0.485. The molecule has 0 bridgehead atoms. The SMILES string of the molecule is CCc1cnc2c(c1)C(=O)N(c1ccc(OC)cc1[N+](=O)[O-])C2=O. The van der Waals surface area contributed by atoms with Gasteiger partial charge in [0.25, 0.3) is 17.5 Å². The molecule has 0 saturated carbocycles. The van der Waals surface area contributed by atoms with Crippen LogP contribution in [0.1, 0.15) is 33.3 Å². The predicted octanol–water partition coefficient (Wildman–Crippen LogP) is 2.36. The van der Waals surface area contributed by atoms with E-state index in [1.165, 1.54) is 31.5 Å². The van der Waals surface area contributed by atoms with Gasteiger partial charge in [0.2, 0.25) is 0 Å². The first-order chi connectivity index (χ1) is 11.5. The van der Waals surface area contributed by atoms with Crippen LogP contribution in [0.4, 0.5) is 11.4 Å². The lowest BCUT2D eigenvalue weighted by atomic mass is 10.1. The van der Waals surface area contributed by atoms with Gasteiger partial charge in [0, 0.05) is 6.20 Å². The molecule has 1 aromatic heterocycles. The van der Waals surface area contributed by atoms with Gasteiger partial charge in [0.1, 0.15) is 17.1 Å². The van der Waals surface area contributed by atoms with Gasteiger partial charge in [-0.1, -0.05) is 6.92 Å². The second kappa shape index (κ2) is 5.73. The number of amides is 2. The van der Waals surface area contributed by atoms with E-state index >= 15 is 0 Å². The van der Waals surface area contributed by atoms with Crippen LogP contribution in [-0.2, 0) is 6.42 Å². The molecule has 0 radical (unpaired) electrons. The molecule has 0 unspecified atom stereocenters. The molecule has 24 heavy (non-hydrogen) atoms. The number of hydrogen-bond acceptors (Lipinski definition) is 6. The van der Waals surface area contributed by atoms with Crippen LogP contribution in [-0.4, -0.2) is 28.8 Å². The summed E-state index contributed by atoms with van der Waals surface area (Å²) in [6.07, 6.45) is 2.18. The molecule has 0 N–H and O–H groups in total. The van der Waals surface area contributed by atoms with Crippen molar-refractivity contribution in [3.63, 3.8) is 0 Å². The molecule has 122 valence electrons. The Morgan fingerprint density at radius 2 is 2.00 bits per heavy atom. The fourth-order valence-corrected chi connectivity index (χ4v) is 2.54. The van der Waals surface area contributed by atoms with E-state index in [2.05, 4.69) is 4.98 Å². The van der Waals surface area contributed by atoms with Gasteiger partial charge >= 0.3 is 0 Å². The van der Waals surface area contributed by atoms with Crippen molar-refractivity contribution in [1.29, 1.82) is 0 Å². The number of aryl methyl sites for hydroxylation is 1. The number of aromatic nitrogens is 1. The van der Waals surface area contributed by atoms with Crippen molar-refractivity contribution in [2.24, 2.45) is 0 Å². The lowest BCUT2D eigenvalue weighted by Crippen LogP contribution is -2.30. The minimum atomic E-state index is -0.675. The number of imide groups is 1. The van der Waals surface area contributed by atoms with Crippen LogP contribution in [0.2, 0.25) is 0 Å². The van der Waals surface area contributed by atoms with Crippen LogP contribution in [0.25, 0.3) is 0 Å². The monoisotopic (exact) mass is 327 g/mol. The standard InChI is InChI=1S/C16H13N3O5/c1-3-9-6-11-14(17-8-9)16(21)18(15(11)20)12-5-4-10(24-2)7-13(12)19(22)23/h4-8H,3H2,1-2H3. The highest BCUT2D eigenvalue weighted by atomic mass is 16.6. The smallest absolute Gasteiger partial charge is 0.297 e. The molecule has 0 atom stereocenters. The number of rotatable bonds is 4. The highest BCUT2D eigenvalue weighted by Crippen LogP contribution is 2.36. The molecule has 0 saturated heterocycles. The molecule has 8 nitrogen and oxygen atoms in total. The molecule has 0 spiro atoms. The van der Waals surface area contributed by atoms with Crippen molar-refractivity contribution < 1.29 is 19.2 Å². The average Bonchev–Trinajstić information content (AvgIpc) is 2.84. The fraction of sp³-hybridized carbons (Fsp3) is 0.188. The fourth-order valence-electron chi connectivity index (χ4n) is 2.54. The first kappa shape index (κ1) is 15.6. The van der Waals surface area contributed by atoms with Crippen molar-refractivity contribution >= 4 is 23.2 Å². The predicted molar refractivity (Wildman–Crippen MR) is 84.4 cm³/mol. The third kappa shape index (κ3) is 2.28. The Hall–Kier alpha value is -3.29. The Balaban J connectivity index is 2.13. The highest BCUT2D eigenvalue weighted by molar-refractivity contribution is 6.34. The molecule has 1 aliphatic heterocycles. The van der Waals surface area contributed by atoms with Crippen LogP contribution in [0.15, 0.2) is 30.5 Å². The second-order valence-electron chi connectivity index (χ2n) is 5.15. The highest BCUT2D eigenvalue weighted by Gasteiger charge is 2.41. The average molecular weight is 327 g/mol. The molecular formula is C16H13N3O5. The molecule has 2 heterocycles. The summed E-state index contributed by atoms with van der Waals surface area (Å²) in [5, 5.41) is 11.3. The Morgan fingerprint density at radius 3 is 2.62 bits per heavy atom. The van der Waals surface area contributed by atoms with Gasteiger partial charge < -0.3 is 4.74 Å². The summed E-state index contributed by atoms with van der Waals surface area (Å²) >= 11 is 0. The molecule has 0 aliphatic carbocycles. The van der Waals surface area contributed by atoms with Crippen molar-refractivity contribution in [2.45, 2.75) is 13.3 Å². The number of carbonyl (C=O) groups excluding carboxylic acids is 2. The van der Waals surface area contributed by atoms with E-state index in [9.17, 15) is 19.7 Å². The van der Waals surface area contributed by atoms with Crippen LogP contribution < -0.4 is 9.64 Å². The third-order valence-corrected chi connectivity index (χ3v) is 3.81. The molecular weight excluding hydrogens is 314 g/mol. The van der Waals surface area contributed by atoms with Gasteiger partial charge in [-0.25, -0.2) is 9.88 Å². The van der Waals surface area contributed by atoms with Crippen LogP contribution in [0, 0.1) is 10.1 Å². The number of ether oxygens (including phenoxy) is 1. The summed E-state index contributed by atoms with van der Waals surface area (Å²) in [5.74, 6) is -1.04. The van der Waals surface area contributed by atoms with E-state index in [1.54, 1.807) is 6.07 Å². The van der Waals surface area contributed by atoms with E-state index in [0.717, 1.165) is 10.5 Å². The molecule has 0 fully saturated rings. The summed E-state index contributed by atoms with van der Waals surface area (Å²) in [7, 11) is 1.37. The first-order valence-corrected chi connectivity index (χ1v) is 7.18. The Kier molecular flexibility index (Phi) is 3.72. The van der Waals surface area contributed by atoms with Crippen molar-refractivity contribution in [3.8, 4) is 5.75 Å². The summed E-state index contributed by atoms with van der Waals surface area (Å²) in [4.78, 5) is 40.6. The van der Waals surface area contributed by atoms with Crippen molar-refractivity contribution in [2.75, 3.05) is 12.0 Å². The van der Waals surface area contributed by atoms with Crippen LogP contribution >= 0.6 is 0 Å². The maximum absolute atomic E-state index is 12.6. The van der Waals surface area contributed by atoms with Crippen molar-refractivity contribution in [3.05, 3.63) is 57.4 Å². The number of nitro groups is 1. The molecule has 3 rings (SSSR count). The van der Waals surface area contributed by atoms with Gasteiger partial charge in [0.15, 0.2) is 0 Å². The number of pyridine rings is 1. The number of fused-ring (bicyclic) bond motifs is 1. The summed E-state index contributed by atoms with van der Waals surface area (Å²) in [5.41, 5.74) is 0.471. The number of carbonyl (C=O) groups is 2. The number of nitrogens with zero attached hydrogens (tertiary/aromatic N) is 3. The Morgan fingerprint density at radius 1 is 1.25 bits per heavy atom. The number of hydrogen-bond donors (Lipinski definition) is 0. The van der Waals surface area contributed by atoms with Crippen LogP contribution in [0.3, 0.4) is 0 Å². The molecule has 2 amide bonds. The Labute approximate surface area is 136 Å². The number of benzene rings is 1. The summed E-state index contributed by atoms with van der Waals surface area (Å²) < 4.78 is 4.96. The maximum atomic E-state index is 12.6.